The van der Waals surface area contributed by atoms with E-state index < -0.39 is 11.7 Å². The van der Waals surface area contributed by atoms with Crippen molar-refractivity contribution < 1.29 is 18.9 Å². The SMILES string of the molecule is CC[NH+]1CCC[C@@H]1CN=CC1C(=O)N(c2ccc(F)cc2)C(=O)c2ccccc21. The molecule has 2 aromatic carbocycles. The van der Waals surface area contributed by atoms with E-state index in [0.717, 1.165) is 17.9 Å². The van der Waals surface area contributed by atoms with Gasteiger partial charge in [0.1, 0.15) is 11.9 Å². The monoisotopic (exact) mass is 394 g/mol. The minimum atomic E-state index is -0.625. The molecule has 6 heteroatoms. The first-order valence-corrected chi connectivity index (χ1v) is 10.2. The number of fused-ring (bicyclic) bond motifs is 1. The van der Waals surface area contributed by atoms with Crippen molar-refractivity contribution in [2.75, 3.05) is 24.5 Å². The van der Waals surface area contributed by atoms with Crippen LogP contribution in [0, 0.1) is 5.82 Å². The van der Waals surface area contributed by atoms with Gasteiger partial charge in [0.25, 0.3) is 5.91 Å². The van der Waals surface area contributed by atoms with Crippen molar-refractivity contribution in [2.24, 2.45) is 4.99 Å². The molecule has 2 heterocycles. The third-order valence-electron chi connectivity index (χ3n) is 5.96. The van der Waals surface area contributed by atoms with Crippen molar-refractivity contribution in [3.63, 3.8) is 0 Å². The number of quaternary nitrogens is 1. The number of likely N-dealkylation sites (N-methyl/N-ethyl adjacent to an activating group) is 1. The number of carbonyl (C=O) groups is 2. The summed E-state index contributed by atoms with van der Waals surface area (Å²) in [5.74, 6) is -1.78. The summed E-state index contributed by atoms with van der Waals surface area (Å²) < 4.78 is 13.3. The number of amides is 2. The van der Waals surface area contributed by atoms with Gasteiger partial charge in [-0.3, -0.25) is 14.6 Å². The second kappa shape index (κ2) is 8.25. The number of nitrogens with zero attached hydrogens (tertiary/aromatic N) is 2. The van der Waals surface area contributed by atoms with E-state index in [9.17, 15) is 14.0 Å². The van der Waals surface area contributed by atoms with Gasteiger partial charge in [0, 0.05) is 24.6 Å². The molecule has 5 nitrogen and oxygen atoms in total. The topological polar surface area (TPSA) is 54.2 Å². The normalized spacial score (nSPS) is 24.3. The standard InChI is InChI=1S/C23H24FN3O2/c1-2-26-13-5-6-18(26)14-25-15-21-19-7-3-4-8-20(19)22(28)27(23(21)29)17-11-9-16(24)10-12-17/h3-4,7-12,15,18,21H,2,5-6,13-14H2,1H3/p+1/t18-,21?/m1/s1. The maximum absolute atomic E-state index is 13.3. The molecule has 1 fully saturated rings. The first-order chi connectivity index (χ1) is 14.1. The first kappa shape index (κ1) is 19.5. The lowest BCUT2D eigenvalue weighted by Gasteiger charge is -2.31. The summed E-state index contributed by atoms with van der Waals surface area (Å²) in [5.41, 5.74) is 1.52. The van der Waals surface area contributed by atoms with E-state index in [1.54, 1.807) is 23.2 Å². The molecule has 0 aliphatic carbocycles. The van der Waals surface area contributed by atoms with Crippen LogP contribution in [-0.2, 0) is 4.79 Å². The molecule has 2 unspecified atom stereocenters. The van der Waals surface area contributed by atoms with Gasteiger partial charge in [-0.15, -0.1) is 0 Å². The lowest BCUT2D eigenvalue weighted by molar-refractivity contribution is -0.908. The number of rotatable bonds is 5. The number of hydrogen-bond donors (Lipinski definition) is 1. The highest BCUT2D eigenvalue weighted by atomic mass is 19.1. The number of hydrogen-bond acceptors (Lipinski definition) is 3. The van der Waals surface area contributed by atoms with Gasteiger partial charge in [-0.2, -0.15) is 0 Å². The molecule has 4 rings (SSSR count). The van der Waals surface area contributed by atoms with E-state index >= 15 is 0 Å². The Morgan fingerprint density at radius 1 is 1.17 bits per heavy atom. The molecule has 1 N–H and O–H groups in total. The fourth-order valence-electron chi connectivity index (χ4n) is 4.40. The summed E-state index contributed by atoms with van der Waals surface area (Å²) in [5, 5.41) is 0. The highest BCUT2D eigenvalue weighted by molar-refractivity contribution is 6.29. The molecule has 29 heavy (non-hydrogen) atoms. The van der Waals surface area contributed by atoms with Gasteiger partial charge in [0.05, 0.1) is 31.2 Å². The molecule has 2 amide bonds. The van der Waals surface area contributed by atoms with Gasteiger partial charge in [-0.25, -0.2) is 9.29 Å². The second-order valence-electron chi connectivity index (χ2n) is 7.64. The highest BCUT2D eigenvalue weighted by Gasteiger charge is 2.38. The number of imide groups is 1. The summed E-state index contributed by atoms with van der Waals surface area (Å²) in [7, 11) is 0. The number of anilines is 1. The minimum Gasteiger partial charge on any atom is -0.331 e. The zero-order chi connectivity index (χ0) is 20.4. The summed E-state index contributed by atoms with van der Waals surface area (Å²) in [6.45, 7) is 5.12. The Kier molecular flexibility index (Phi) is 5.53. The van der Waals surface area contributed by atoms with Crippen LogP contribution in [-0.4, -0.2) is 43.7 Å². The van der Waals surface area contributed by atoms with Crippen LogP contribution >= 0.6 is 0 Å². The predicted molar refractivity (Wildman–Crippen MR) is 110 cm³/mol. The van der Waals surface area contributed by atoms with Crippen LogP contribution in [0.3, 0.4) is 0 Å². The number of likely N-dealkylation sites (tertiary alicyclic amines) is 1. The Morgan fingerprint density at radius 2 is 1.93 bits per heavy atom. The van der Waals surface area contributed by atoms with Crippen molar-refractivity contribution in [1.29, 1.82) is 0 Å². The number of nitrogens with one attached hydrogen (secondary N) is 1. The van der Waals surface area contributed by atoms with E-state index in [-0.39, 0.29) is 11.8 Å². The summed E-state index contributed by atoms with van der Waals surface area (Å²) >= 11 is 0. The van der Waals surface area contributed by atoms with E-state index in [2.05, 4.69) is 11.9 Å². The Morgan fingerprint density at radius 3 is 2.69 bits per heavy atom. The summed E-state index contributed by atoms with van der Waals surface area (Å²) in [6.07, 6.45) is 4.05. The molecular formula is C23H25FN3O2+. The summed E-state index contributed by atoms with van der Waals surface area (Å²) in [4.78, 5) is 33.6. The third kappa shape index (κ3) is 3.72. The van der Waals surface area contributed by atoms with Gasteiger partial charge >= 0.3 is 0 Å². The van der Waals surface area contributed by atoms with Gasteiger partial charge in [-0.05, 0) is 42.8 Å². The maximum Gasteiger partial charge on any atom is 0.265 e. The molecule has 2 aliphatic rings. The van der Waals surface area contributed by atoms with Crippen LogP contribution in [0.1, 0.15) is 41.6 Å². The van der Waals surface area contributed by atoms with Crippen LogP contribution in [0.4, 0.5) is 10.1 Å². The van der Waals surface area contributed by atoms with Gasteiger partial charge in [-0.1, -0.05) is 18.2 Å². The Bertz CT molecular complexity index is 941. The number of aliphatic imine (C=N–C) groups is 1. The van der Waals surface area contributed by atoms with E-state index in [1.165, 1.54) is 37.2 Å². The van der Waals surface area contributed by atoms with Crippen molar-refractivity contribution >= 4 is 23.7 Å². The van der Waals surface area contributed by atoms with Gasteiger partial charge in [0.15, 0.2) is 0 Å². The molecule has 150 valence electrons. The molecule has 2 aromatic rings. The predicted octanol–water partition coefficient (Wildman–Crippen LogP) is 2.23. The maximum atomic E-state index is 13.3. The highest BCUT2D eigenvalue weighted by Crippen LogP contribution is 2.32. The fraction of sp³-hybridized carbons (Fsp3) is 0.348. The Hall–Kier alpha value is -2.86. The van der Waals surface area contributed by atoms with Gasteiger partial charge < -0.3 is 4.90 Å². The first-order valence-electron chi connectivity index (χ1n) is 10.2. The smallest absolute Gasteiger partial charge is 0.265 e. The largest absolute Gasteiger partial charge is 0.331 e. The van der Waals surface area contributed by atoms with Crippen LogP contribution in [0.5, 0.6) is 0 Å². The molecule has 1 saturated heterocycles. The zero-order valence-corrected chi connectivity index (χ0v) is 16.5. The molecule has 0 saturated carbocycles. The van der Waals surface area contributed by atoms with Crippen molar-refractivity contribution in [3.8, 4) is 0 Å². The quantitative estimate of drug-likeness (QED) is 0.625. The van der Waals surface area contributed by atoms with Crippen molar-refractivity contribution in [2.45, 2.75) is 31.7 Å². The van der Waals surface area contributed by atoms with Crippen molar-refractivity contribution in [1.82, 2.24) is 0 Å². The molecule has 0 radical (unpaired) electrons. The van der Waals surface area contributed by atoms with Crippen molar-refractivity contribution in [3.05, 3.63) is 65.5 Å². The lowest BCUT2D eigenvalue weighted by Crippen LogP contribution is -3.13. The molecule has 3 atom stereocenters. The molecule has 2 aliphatic heterocycles. The fourth-order valence-corrected chi connectivity index (χ4v) is 4.40. The average Bonchev–Trinajstić information content (AvgIpc) is 3.19. The Balaban J connectivity index is 1.64. The van der Waals surface area contributed by atoms with Crippen LogP contribution in [0.15, 0.2) is 53.5 Å². The Labute approximate surface area is 169 Å². The minimum absolute atomic E-state index is 0.352. The molecule has 0 bridgehead atoms. The number of benzene rings is 2. The summed E-state index contributed by atoms with van der Waals surface area (Å²) in [6, 6.07) is 13.0. The van der Waals surface area contributed by atoms with E-state index in [1.807, 2.05) is 12.1 Å². The lowest BCUT2D eigenvalue weighted by atomic mass is 9.89. The van der Waals surface area contributed by atoms with Gasteiger partial charge in [0.2, 0.25) is 5.91 Å². The van der Waals surface area contributed by atoms with Crippen LogP contribution in [0.2, 0.25) is 0 Å². The number of carbonyl (C=O) groups excluding carboxylic acids is 2. The second-order valence-corrected chi connectivity index (χ2v) is 7.64. The third-order valence-corrected chi connectivity index (χ3v) is 5.96. The van der Waals surface area contributed by atoms with Crippen LogP contribution < -0.4 is 9.80 Å². The van der Waals surface area contributed by atoms with E-state index in [4.69, 9.17) is 0 Å². The molecular weight excluding hydrogens is 369 g/mol. The molecule has 0 aromatic heterocycles. The number of halogens is 1. The average molecular weight is 394 g/mol. The van der Waals surface area contributed by atoms with E-state index in [0.29, 0.717) is 29.4 Å². The molecule has 0 spiro atoms. The van der Waals surface area contributed by atoms with Crippen LogP contribution in [0.25, 0.3) is 0 Å². The zero-order valence-electron chi connectivity index (χ0n) is 16.5.